The standard InChI is InChI=1S/C17H20N2/c1-3-5-6-10-16(18-4-2)15-12-13-19-17-11-8-7-9-14(15)17/h1,7-9,11-13,16,18H,4-6,10H2,2H3. The van der Waals surface area contributed by atoms with Crippen LogP contribution in [0, 0.1) is 12.3 Å². The van der Waals surface area contributed by atoms with Crippen LogP contribution >= 0.6 is 0 Å². The summed E-state index contributed by atoms with van der Waals surface area (Å²) in [6.45, 7) is 3.09. The molecule has 1 unspecified atom stereocenters. The molecular formula is C17H20N2. The zero-order valence-electron chi connectivity index (χ0n) is 11.4. The van der Waals surface area contributed by atoms with Crippen molar-refractivity contribution in [3.8, 4) is 12.3 Å². The van der Waals surface area contributed by atoms with E-state index in [1.54, 1.807) is 0 Å². The number of nitrogens with one attached hydrogen (secondary N) is 1. The maximum Gasteiger partial charge on any atom is 0.0705 e. The summed E-state index contributed by atoms with van der Waals surface area (Å²) in [6, 6.07) is 10.8. The molecule has 2 rings (SSSR count). The van der Waals surface area contributed by atoms with E-state index < -0.39 is 0 Å². The fourth-order valence-corrected chi connectivity index (χ4v) is 2.44. The highest BCUT2D eigenvalue weighted by Crippen LogP contribution is 2.26. The molecule has 98 valence electrons. The van der Waals surface area contributed by atoms with E-state index in [0.29, 0.717) is 6.04 Å². The van der Waals surface area contributed by atoms with E-state index in [1.165, 1.54) is 10.9 Å². The van der Waals surface area contributed by atoms with Crippen LogP contribution in [0.1, 0.15) is 37.8 Å². The van der Waals surface area contributed by atoms with E-state index in [0.717, 1.165) is 31.3 Å². The van der Waals surface area contributed by atoms with Gasteiger partial charge in [-0.1, -0.05) is 25.1 Å². The Morgan fingerprint density at radius 2 is 2.16 bits per heavy atom. The predicted octanol–water partition coefficient (Wildman–Crippen LogP) is 3.69. The smallest absolute Gasteiger partial charge is 0.0705 e. The molecule has 2 aromatic rings. The highest BCUT2D eigenvalue weighted by atomic mass is 14.9. The SMILES string of the molecule is C#CCCCC(NCC)c1ccnc2ccccc12. The zero-order chi connectivity index (χ0) is 13.5. The number of hydrogen-bond acceptors (Lipinski definition) is 2. The van der Waals surface area contributed by atoms with Gasteiger partial charge in [-0.15, -0.1) is 12.3 Å². The summed E-state index contributed by atoms with van der Waals surface area (Å²) in [5.74, 6) is 2.71. The van der Waals surface area contributed by atoms with Gasteiger partial charge in [-0.05, 0) is 37.1 Å². The molecule has 1 aromatic heterocycles. The number of hydrogen-bond donors (Lipinski definition) is 1. The molecule has 2 heteroatoms. The van der Waals surface area contributed by atoms with Crippen molar-refractivity contribution in [2.45, 2.75) is 32.2 Å². The van der Waals surface area contributed by atoms with Crippen molar-refractivity contribution in [3.05, 3.63) is 42.1 Å². The molecule has 1 atom stereocenters. The van der Waals surface area contributed by atoms with Gasteiger partial charge in [0.2, 0.25) is 0 Å². The molecule has 1 heterocycles. The van der Waals surface area contributed by atoms with Crippen molar-refractivity contribution in [2.24, 2.45) is 0 Å². The van der Waals surface area contributed by atoms with Gasteiger partial charge in [0.1, 0.15) is 0 Å². The number of para-hydroxylation sites is 1. The first-order valence-corrected chi connectivity index (χ1v) is 6.87. The van der Waals surface area contributed by atoms with Gasteiger partial charge in [-0.3, -0.25) is 4.98 Å². The van der Waals surface area contributed by atoms with Gasteiger partial charge in [0, 0.05) is 24.0 Å². The van der Waals surface area contributed by atoms with Crippen LogP contribution in [-0.2, 0) is 0 Å². The second kappa shape index (κ2) is 6.92. The van der Waals surface area contributed by atoms with Crippen molar-refractivity contribution >= 4 is 10.9 Å². The number of fused-ring (bicyclic) bond motifs is 1. The Morgan fingerprint density at radius 1 is 1.32 bits per heavy atom. The second-order valence-corrected chi connectivity index (χ2v) is 4.62. The quantitative estimate of drug-likeness (QED) is 0.626. The summed E-state index contributed by atoms with van der Waals surface area (Å²) in [4.78, 5) is 4.42. The normalized spacial score (nSPS) is 12.2. The topological polar surface area (TPSA) is 24.9 Å². The van der Waals surface area contributed by atoms with Gasteiger partial charge >= 0.3 is 0 Å². The summed E-state index contributed by atoms with van der Waals surface area (Å²) in [5.41, 5.74) is 2.38. The molecule has 2 nitrogen and oxygen atoms in total. The van der Waals surface area contributed by atoms with Gasteiger partial charge in [0.15, 0.2) is 0 Å². The molecule has 1 N–H and O–H groups in total. The van der Waals surface area contributed by atoms with Crippen LogP contribution in [0.2, 0.25) is 0 Å². The number of aromatic nitrogens is 1. The maximum atomic E-state index is 5.34. The Balaban J connectivity index is 2.30. The Bertz CT molecular complexity index is 563. The van der Waals surface area contributed by atoms with Gasteiger partial charge in [0.25, 0.3) is 0 Å². The average Bonchev–Trinajstić information content (AvgIpc) is 2.46. The lowest BCUT2D eigenvalue weighted by atomic mass is 9.97. The molecule has 0 saturated carbocycles. The van der Waals surface area contributed by atoms with Crippen LogP contribution in [0.4, 0.5) is 0 Å². The third-order valence-corrected chi connectivity index (χ3v) is 3.32. The Labute approximate surface area is 115 Å². The molecule has 0 bridgehead atoms. The molecule has 0 amide bonds. The highest BCUT2D eigenvalue weighted by Gasteiger charge is 2.12. The lowest BCUT2D eigenvalue weighted by molar-refractivity contribution is 0.504. The lowest BCUT2D eigenvalue weighted by Gasteiger charge is -2.19. The third-order valence-electron chi connectivity index (χ3n) is 3.32. The number of nitrogens with zero attached hydrogens (tertiary/aromatic N) is 1. The molecule has 0 fully saturated rings. The monoisotopic (exact) mass is 252 g/mol. The minimum atomic E-state index is 0.353. The van der Waals surface area contributed by atoms with Crippen LogP contribution in [0.15, 0.2) is 36.5 Å². The molecule has 0 spiro atoms. The van der Waals surface area contributed by atoms with Crippen LogP contribution in [0.5, 0.6) is 0 Å². The van der Waals surface area contributed by atoms with E-state index in [-0.39, 0.29) is 0 Å². The fourth-order valence-electron chi connectivity index (χ4n) is 2.44. The average molecular weight is 252 g/mol. The van der Waals surface area contributed by atoms with Gasteiger partial charge in [0.05, 0.1) is 5.52 Å². The molecule has 0 aliphatic rings. The fraction of sp³-hybridized carbons (Fsp3) is 0.353. The largest absolute Gasteiger partial charge is 0.310 e. The van der Waals surface area contributed by atoms with Crippen LogP contribution in [-0.4, -0.2) is 11.5 Å². The number of pyridine rings is 1. The van der Waals surface area contributed by atoms with Gasteiger partial charge in [-0.25, -0.2) is 0 Å². The summed E-state index contributed by atoms with van der Waals surface area (Å²) in [5, 5.41) is 4.79. The Morgan fingerprint density at radius 3 is 2.95 bits per heavy atom. The van der Waals surface area contributed by atoms with E-state index in [1.807, 2.05) is 12.3 Å². The van der Waals surface area contributed by atoms with E-state index in [2.05, 4.69) is 47.4 Å². The van der Waals surface area contributed by atoms with Crippen molar-refractivity contribution in [3.63, 3.8) is 0 Å². The van der Waals surface area contributed by atoms with Crippen molar-refractivity contribution in [2.75, 3.05) is 6.54 Å². The van der Waals surface area contributed by atoms with Crippen molar-refractivity contribution in [1.29, 1.82) is 0 Å². The van der Waals surface area contributed by atoms with Crippen LogP contribution < -0.4 is 5.32 Å². The predicted molar refractivity (Wildman–Crippen MR) is 80.8 cm³/mol. The minimum Gasteiger partial charge on any atom is -0.310 e. The number of terminal acetylenes is 1. The summed E-state index contributed by atoms with van der Waals surface area (Å²) < 4.78 is 0. The lowest BCUT2D eigenvalue weighted by Crippen LogP contribution is -2.21. The molecular weight excluding hydrogens is 232 g/mol. The number of benzene rings is 1. The maximum absolute atomic E-state index is 5.34. The Hall–Kier alpha value is -1.85. The third kappa shape index (κ3) is 3.33. The molecule has 0 aliphatic heterocycles. The van der Waals surface area contributed by atoms with Gasteiger partial charge in [-0.2, -0.15) is 0 Å². The van der Waals surface area contributed by atoms with Gasteiger partial charge < -0.3 is 5.32 Å². The highest BCUT2D eigenvalue weighted by molar-refractivity contribution is 5.82. The number of rotatable bonds is 6. The Kier molecular flexibility index (Phi) is 4.94. The summed E-state index contributed by atoms with van der Waals surface area (Å²) >= 11 is 0. The molecule has 0 aliphatic carbocycles. The molecule has 1 aromatic carbocycles. The van der Waals surface area contributed by atoms with E-state index >= 15 is 0 Å². The first kappa shape index (κ1) is 13.6. The molecule has 19 heavy (non-hydrogen) atoms. The molecule has 0 saturated heterocycles. The number of unbranched alkanes of at least 4 members (excludes halogenated alkanes) is 1. The van der Waals surface area contributed by atoms with Crippen LogP contribution in [0.3, 0.4) is 0 Å². The first-order valence-electron chi connectivity index (χ1n) is 6.87. The van der Waals surface area contributed by atoms with Crippen LogP contribution in [0.25, 0.3) is 10.9 Å². The van der Waals surface area contributed by atoms with E-state index in [9.17, 15) is 0 Å². The minimum absolute atomic E-state index is 0.353. The van der Waals surface area contributed by atoms with Crippen molar-refractivity contribution < 1.29 is 0 Å². The molecule has 0 radical (unpaired) electrons. The summed E-state index contributed by atoms with van der Waals surface area (Å²) in [7, 11) is 0. The first-order chi connectivity index (χ1) is 9.36. The summed E-state index contributed by atoms with van der Waals surface area (Å²) in [6.07, 6.45) is 10.2. The van der Waals surface area contributed by atoms with Crippen molar-refractivity contribution in [1.82, 2.24) is 10.3 Å². The second-order valence-electron chi connectivity index (χ2n) is 4.62. The zero-order valence-corrected chi connectivity index (χ0v) is 11.4. The van der Waals surface area contributed by atoms with E-state index in [4.69, 9.17) is 6.42 Å².